The van der Waals surface area contributed by atoms with Crippen molar-refractivity contribution < 1.29 is 14.2 Å². The minimum absolute atomic E-state index is 0.0726. The van der Waals surface area contributed by atoms with Crippen molar-refractivity contribution in [3.8, 4) is 5.75 Å². The van der Waals surface area contributed by atoms with Crippen molar-refractivity contribution in [2.45, 2.75) is 13.2 Å². The summed E-state index contributed by atoms with van der Waals surface area (Å²) in [5, 5.41) is 9.39. The summed E-state index contributed by atoms with van der Waals surface area (Å²) in [5.74, 6) is 0.175. The van der Waals surface area contributed by atoms with E-state index in [2.05, 4.69) is 15.9 Å². The lowest BCUT2D eigenvalue weighted by Gasteiger charge is -2.09. The zero-order chi connectivity index (χ0) is 13.8. The molecule has 0 aliphatic heterocycles. The van der Waals surface area contributed by atoms with Crippen LogP contribution in [-0.4, -0.2) is 5.11 Å². The van der Waals surface area contributed by atoms with Crippen molar-refractivity contribution in [2.24, 2.45) is 0 Å². The molecule has 2 rings (SSSR count). The number of benzene rings is 2. The molecule has 0 aromatic heterocycles. The van der Waals surface area contributed by atoms with Gasteiger partial charge in [0.25, 0.3) is 0 Å². The molecule has 0 spiro atoms. The van der Waals surface area contributed by atoms with Gasteiger partial charge >= 0.3 is 0 Å². The molecule has 5 heteroatoms. The van der Waals surface area contributed by atoms with Crippen molar-refractivity contribution in [3.05, 3.63) is 62.8 Å². The van der Waals surface area contributed by atoms with E-state index in [0.717, 1.165) is 0 Å². The normalized spacial score (nSPS) is 10.5. The van der Waals surface area contributed by atoms with Crippen molar-refractivity contribution in [2.75, 3.05) is 0 Å². The van der Waals surface area contributed by atoms with Gasteiger partial charge in [0.05, 0.1) is 11.6 Å². The molecule has 100 valence electrons. The van der Waals surface area contributed by atoms with Gasteiger partial charge in [-0.05, 0) is 41.5 Å². The molecule has 0 saturated heterocycles. The molecule has 0 aliphatic carbocycles. The van der Waals surface area contributed by atoms with Crippen LogP contribution in [0.5, 0.6) is 5.75 Å². The number of hydrogen-bond donors (Lipinski definition) is 1. The van der Waals surface area contributed by atoms with Crippen LogP contribution in [0.3, 0.4) is 0 Å². The molecular formula is C14H11BrClFO2. The van der Waals surface area contributed by atoms with E-state index in [1.54, 1.807) is 24.3 Å². The van der Waals surface area contributed by atoms with Crippen LogP contribution in [0.2, 0.25) is 5.02 Å². The predicted molar refractivity (Wildman–Crippen MR) is 75.8 cm³/mol. The van der Waals surface area contributed by atoms with Gasteiger partial charge < -0.3 is 9.84 Å². The van der Waals surface area contributed by atoms with E-state index in [4.69, 9.17) is 21.4 Å². The van der Waals surface area contributed by atoms with Crippen LogP contribution < -0.4 is 4.74 Å². The quantitative estimate of drug-likeness (QED) is 0.894. The van der Waals surface area contributed by atoms with Crippen LogP contribution in [-0.2, 0) is 13.2 Å². The van der Waals surface area contributed by atoms with Gasteiger partial charge in [-0.2, -0.15) is 0 Å². The number of hydrogen-bond acceptors (Lipinski definition) is 2. The molecule has 0 aliphatic rings. The van der Waals surface area contributed by atoms with Gasteiger partial charge in [-0.25, -0.2) is 4.39 Å². The molecular weight excluding hydrogens is 335 g/mol. The second-order valence-corrected chi connectivity index (χ2v) is 5.31. The molecule has 2 aromatic rings. The van der Waals surface area contributed by atoms with Crippen LogP contribution in [0.4, 0.5) is 4.39 Å². The Kier molecular flexibility index (Phi) is 4.80. The lowest BCUT2D eigenvalue weighted by atomic mass is 10.2. The standard InChI is InChI=1S/C14H11BrClFO2/c15-11-3-10(4-12(17)6-11)8-19-14-2-1-9(7-18)5-13(14)16/h1-6,18H,7-8H2. The maximum Gasteiger partial charge on any atom is 0.138 e. The summed E-state index contributed by atoms with van der Waals surface area (Å²) in [5.41, 5.74) is 1.42. The van der Waals surface area contributed by atoms with E-state index in [1.807, 2.05) is 0 Å². The van der Waals surface area contributed by atoms with Crippen molar-refractivity contribution >= 4 is 27.5 Å². The van der Waals surface area contributed by atoms with Gasteiger partial charge in [0.1, 0.15) is 18.2 Å². The second-order valence-electron chi connectivity index (χ2n) is 3.99. The summed E-state index contributed by atoms with van der Waals surface area (Å²) in [6.07, 6.45) is 0. The molecule has 0 saturated carbocycles. The number of halogens is 3. The van der Waals surface area contributed by atoms with Crippen LogP contribution in [0, 0.1) is 5.82 Å². The molecule has 0 amide bonds. The average Bonchev–Trinajstić information content (AvgIpc) is 2.36. The van der Waals surface area contributed by atoms with E-state index in [0.29, 0.717) is 26.4 Å². The van der Waals surface area contributed by atoms with Gasteiger partial charge in [-0.1, -0.05) is 33.6 Å². The van der Waals surface area contributed by atoms with Crippen LogP contribution in [0.1, 0.15) is 11.1 Å². The Bertz CT molecular complexity index is 569. The highest BCUT2D eigenvalue weighted by Crippen LogP contribution is 2.26. The Morgan fingerprint density at radius 2 is 1.95 bits per heavy atom. The first-order chi connectivity index (χ1) is 9.08. The number of ether oxygens (including phenoxy) is 1. The number of rotatable bonds is 4. The second kappa shape index (κ2) is 6.37. The minimum atomic E-state index is -0.324. The fourth-order valence-electron chi connectivity index (χ4n) is 1.62. The molecule has 0 heterocycles. The number of aliphatic hydroxyl groups excluding tert-OH is 1. The van der Waals surface area contributed by atoms with Gasteiger partial charge in [0.15, 0.2) is 0 Å². The Hall–Kier alpha value is -1.10. The van der Waals surface area contributed by atoms with Gasteiger partial charge in [-0.15, -0.1) is 0 Å². The lowest BCUT2D eigenvalue weighted by molar-refractivity contribution is 0.280. The lowest BCUT2D eigenvalue weighted by Crippen LogP contribution is -1.97. The highest BCUT2D eigenvalue weighted by molar-refractivity contribution is 9.10. The molecule has 19 heavy (non-hydrogen) atoms. The van der Waals surface area contributed by atoms with E-state index >= 15 is 0 Å². The van der Waals surface area contributed by atoms with E-state index < -0.39 is 0 Å². The van der Waals surface area contributed by atoms with Crippen LogP contribution in [0.15, 0.2) is 40.9 Å². The zero-order valence-electron chi connectivity index (χ0n) is 9.87. The van der Waals surface area contributed by atoms with Gasteiger partial charge in [0.2, 0.25) is 0 Å². The SMILES string of the molecule is OCc1ccc(OCc2cc(F)cc(Br)c2)c(Cl)c1. The first-order valence-electron chi connectivity index (χ1n) is 5.55. The smallest absolute Gasteiger partial charge is 0.138 e. The summed E-state index contributed by atoms with van der Waals surface area (Å²) < 4.78 is 19.4. The van der Waals surface area contributed by atoms with Gasteiger partial charge in [-0.3, -0.25) is 0 Å². The molecule has 2 aromatic carbocycles. The van der Waals surface area contributed by atoms with Crippen molar-refractivity contribution in [3.63, 3.8) is 0 Å². The molecule has 0 radical (unpaired) electrons. The minimum Gasteiger partial charge on any atom is -0.487 e. The molecule has 0 fully saturated rings. The van der Waals surface area contributed by atoms with E-state index in [1.165, 1.54) is 12.1 Å². The summed E-state index contributed by atoms with van der Waals surface area (Å²) >= 11 is 9.24. The molecule has 0 bridgehead atoms. The maximum atomic E-state index is 13.2. The van der Waals surface area contributed by atoms with Crippen molar-refractivity contribution in [1.29, 1.82) is 0 Å². The summed E-state index contributed by atoms with van der Waals surface area (Å²) in [7, 11) is 0. The Balaban J connectivity index is 2.10. The monoisotopic (exact) mass is 344 g/mol. The fourth-order valence-corrected chi connectivity index (χ4v) is 2.39. The Morgan fingerprint density at radius 1 is 1.16 bits per heavy atom. The van der Waals surface area contributed by atoms with Crippen LogP contribution >= 0.6 is 27.5 Å². The van der Waals surface area contributed by atoms with E-state index in [-0.39, 0.29) is 19.0 Å². The third-order valence-electron chi connectivity index (χ3n) is 2.50. The molecule has 1 N–H and O–H groups in total. The maximum absolute atomic E-state index is 13.2. The Morgan fingerprint density at radius 3 is 2.58 bits per heavy atom. The summed E-state index contributed by atoms with van der Waals surface area (Å²) in [6.45, 7) is 0.144. The molecule has 2 nitrogen and oxygen atoms in total. The van der Waals surface area contributed by atoms with Crippen LogP contribution in [0.25, 0.3) is 0 Å². The third-order valence-corrected chi connectivity index (χ3v) is 3.25. The summed E-state index contributed by atoms with van der Waals surface area (Å²) in [6, 6.07) is 9.61. The first kappa shape index (κ1) is 14.3. The molecule has 0 unspecified atom stereocenters. The Labute approximate surface area is 123 Å². The highest BCUT2D eigenvalue weighted by atomic mass is 79.9. The largest absolute Gasteiger partial charge is 0.487 e. The topological polar surface area (TPSA) is 29.5 Å². The predicted octanol–water partition coefficient (Wildman–Crippen LogP) is 4.31. The number of aliphatic hydroxyl groups is 1. The third kappa shape index (κ3) is 3.93. The van der Waals surface area contributed by atoms with Gasteiger partial charge in [0, 0.05) is 4.47 Å². The molecule has 0 atom stereocenters. The first-order valence-corrected chi connectivity index (χ1v) is 6.72. The fraction of sp³-hybridized carbons (Fsp3) is 0.143. The summed E-state index contributed by atoms with van der Waals surface area (Å²) in [4.78, 5) is 0. The highest BCUT2D eigenvalue weighted by Gasteiger charge is 2.05. The van der Waals surface area contributed by atoms with E-state index in [9.17, 15) is 4.39 Å². The van der Waals surface area contributed by atoms with Crippen molar-refractivity contribution in [1.82, 2.24) is 0 Å². The average molecular weight is 346 g/mol. The zero-order valence-corrected chi connectivity index (χ0v) is 12.2.